The molecular weight excluding hydrogens is 400 g/mol. The van der Waals surface area contributed by atoms with Crippen LogP contribution in [0, 0.1) is 0 Å². The van der Waals surface area contributed by atoms with Crippen molar-refractivity contribution in [3.63, 3.8) is 0 Å². The average Bonchev–Trinajstić information content (AvgIpc) is 2.72. The van der Waals surface area contributed by atoms with E-state index in [1.165, 1.54) is 44.6 Å². The van der Waals surface area contributed by atoms with Crippen LogP contribution >= 0.6 is 11.6 Å². The van der Waals surface area contributed by atoms with Crippen molar-refractivity contribution in [2.45, 2.75) is 71.1 Å². The molecule has 0 atom stereocenters. The van der Waals surface area contributed by atoms with E-state index in [0.29, 0.717) is 17.0 Å². The van der Waals surface area contributed by atoms with Crippen LogP contribution < -0.4 is 0 Å². The minimum Gasteiger partial charge on any atom is -0.507 e. The molecule has 0 amide bonds. The number of rotatable bonds is 13. The molecule has 0 unspecified atom stereocenters. The molecule has 2 N–H and O–H groups in total. The predicted molar refractivity (Wildman–Crippen MR) is 121 cm³/mol. The monoisotopic (exact) mass is 430 g/mol. The number of benzene rings is 2. The van der Waals surface area contributed by atoms with Crippen LogP contribution in [-0.4, -0.2) is 21.8 Å². The third kappa shape index (κ3) is 7.17. The van der Waals surface area contributed by atoms with E-state index in [9.17, 15) is 19.8 Å². The Hall–Kier alpha value is -2.33. The number of phenols is 2. The van der Waals surface area contributed by atoms with Gasteiger partial charge in [-0.3, -0.25) is 9.59 Å². The SMILES string of the molecule is CCCCCCCCCCCC(=O)c1cc(C(=O)c2ccc(Cl)cc2)c(O)cc1O. The Morgan fingerprint density at radius 1 is 0.767 bits per heavy atom. The van der Waals surface area contributed by atoms with Gasteiger partial charge in [-0.1, -0.05) is 69.9 Å². The first kappa shape index (κ1) is 23.9. The van der Waals surface area contributed by atoms with E-state index in [1.807, 2.05) is 0 Å². The standard InChI is InChI=1S/C25H31ClO4/c1-2-3-4-5-6-7-8-9-10-11-22(27)20-16-21(24(29)17-23(20)28)25(30)18-12-14-19(26)15-13-18/h12-17,28-29H,2-11H2,1H3. The maximum Gasteiger partial charge on any atom is 0.196 e. The number of ketones is 2. The Kier molecular flexibility index (Phi) is 9.88. The Morgan fingerprint density at radius 3 is 1.90 bits per heavy atom. The lowest BCUT2D eigenvalue weighted by molar-refractivity contribution is 0.0976. The lowest BCUT2D eigenvalue weighted by Crippen LogP contribution is -2.06. The zero-order chi connectivity index (χ0) is 21.9. The van der Waals surface area contributed by atoms with Crippen LogP contribution in [0.25, 0.3) is 0 Å². The second kappa shape index (κ2) is 12.4. The fraction of sp³-hybridized carbons (Fsp3) is 0.440. The van der Waals surface area contributed by atoms with Gasteiger partial charge in [0.25, 0.3) is 0 Å². The van der Waals surface area contributed by atoms with E-state index in [0.717, 1.165) is 25.3 Å². The van der Waals surface area contributed by atoms with E-state index >= 15 is 0 Å². The summed E-state index contributed by atoms with van der Waals surface area (Å²) in [5.74, 6) is -1.31. The first-order valence-corrected chi connectivity index (χ1v) is 11.2. The molecule has 0 saturated heterocycles. The van der Waals surface area contributed by atoms with Crippen LogP contribution in [0.1, 0.15) is 97.4 Å². The van der Waals surface area contributed by atoms with Crippen LogP contribution in [0.2, 0.25) is 5.02 Å². The minimum atomic E-state index is -0.429. The predicted octanol–water partition coefficient (Wildman–Crippen LogP) is 7.09. The summed E-state index contributed by atoms with van der Waals surface area (Å²) in [6, 6.07) is 8.63. The van der Waals surface area contributed by atoms with E-state index in [-0.39, 0.29) is 28.4 Å². The van der Waals surface area contributed by atoms with Crippen molar-refractivity contribution in [2.24, 2.45) is 0 Å². The number of unbranched alkanes of at least 4 members (excludes halogenated alkanes) is 8. The first-order valence-electron chi connectivity index (χ1n) is 10.8. The molecular formula is C25H31ClO4. The van der Waals surface area contributed by atoms with Gasteiger partial charge in [-0.05, 0) is 36.8 Å². The Balaban J connectivity index is 1.92. The van der Waals surface area contributed by atoms with E-state index in [1.54, 1.807) is 24.3 Å². The molecule has 0 bridgehead atoms. The van der Waals surface area contributed by atoms with Crippen molar-refractivity contribution in [3.8, 4) is 11.5 Å². The average molecular weight is 431 g/mol. The summed E-state index contributed by atoms with van der Waals surface area (Å²) >= 11 is 5.85. The number of carbonyl (C=O) groups is 2. The summed E-state index contributed by atoms with van der Waals surface area (Å²) in [6.45, 7) is 2.21. The zero-order valence-corrected chi connectivity index (χ0v) is 18.4. The summed E-state index contributed by atoms with van der Waals surface area (Å²) in [4.78, 5) is 25.3. The van der Waals surface area contributed by atoms with Crippen molar-refractivity contribution < 1.29 is 19.8 Å². The molecule has 0 aliphatic carbocycles. The van der Waals surface area contributed by atoms with Gasteiger partial charge in [0.15, 0.2) is 11.6 Å². The number of hydrogen-bond donors (Lipinski definition) is 2. The van der Waals surface area contributed by atoms with Gasteiger partial charge in [-0.2, -0.15) is 0 Å². The maximum atomic E-state index is 12.7. The third-order valence-electron chi connectivity index (χ3n) is 5.27. The topological polar surface area (TPSA) is 74.6 Å². The van der Waals surface area contributed by atoms with Crippen molar-refractivity contribution in [1.29, 1.82) is 0 Å². The van der Waals surface area contributed by atoms with E-state index in [2.05, 4.69) is 6.92 Å². The zero-order valence-electron chi connectivity index (χ0n) is 17.6. The highest BCUT2D eigenvalue weighted by atomic mass is 35.5. The van der Waals surface area contributed by atoms with Gasteiger partial charge in [0, 0.05) is 23.1 Å². The van der Waals surface area contributed by atoms with Crippen molar-refractivity contribution in [3.05, 3.63) is 58.1 Å². The largest absolute Gasteiger partial charge is 0.507 e. The van der Waals surface area contributed by atoms with Gasteiger partial charge in [0.05, 0.1) is 11.1 Å². The van der Waals surface area contributed by atoms with Crippen LogP contribution in [0.3, 0.4) is 0 Å². The van der Waals surface area contributed by atoms with E-state index < -0.39 is 5.78 Å². The molecule has 0 spiro atoms. The van der Waals surface area contributed by atoms with Crippen molar-refractivity contribution in [1.82, 2.24) is 0 Å². The number of phenolic OH excluding ortho intramolecular Hbond substituents is 2. The molecule has 2 aromatic carbocycles. The molecule has 0 aliphatic heterocycles. The summed E-state index contributed by atoms with van der Waals surface area (Å²) in [7, 11) is 0. The Morgan fingerprint density at radius 2 is 1.30 bits per heavy atom. The number of carbonyl (C=O) groups excluding carboxylic acids is 2. The molecule has 0 aromatic heterocycles. The van der Waals surface area contributed by atoms with Crippen molar-refractivity contribution in [2.75, 3.05) is 0 Å². The number of Topliss-reactive ketones (excluding diaryl/α,β-unsaturated/α-hetero) is 1. The highest BCUT2D eigenvalue weighted by Gasteiger charge is 2.20. The molecule has 0 saturated carbocycles. The molecule has 0 fully saturated rings. The van der Waals surface area contributed by atoms with Crippen LogP contribution in [0.5, 0.6) is 11.5 Å². The number of aromatic hydroxyl groups is 2. The normalized spacial score (nSPS) is 10.9. The number of halogens is 1. The highest BCUT2D eigenvalue weighted by molar-refractivity contribution is 6.30. The molecule has 0 heterocycles. The smallest absolute Gasteiger partial charge is 0.196 e. The molecule has 4 nitrogen and oxygen atoms in total. The summed E-state index contributed by atoms with van der Waals surface area (Å²) in [5, 5.41) is 20.7. The van der Waals surface area contributed by atoms with Crippen LogP contribution in [-0.2, 0) is 0 Å². The van der Waals surface area contributed by atoms with Gasteiger partial charge in [0.1, 0.15) is 11.5 Å². The van der Waals surface area contributed by atoms with Gasteiger partial charge in [-0.15, -0.1) is 0 Å². The molecule has 5 heteroatoms. The lowest BCUT2D eigenvalue weighted by Gasteiger charge is -2.10. The fourth-order valence-electron chi connectivity index (χ4n) is 3.47. The van der Waals surface area contributed by atoms with E-state index in [4.69, 9.17) is 11.6 Å². The Bertz CT molecular complexity index is 843. The quantitative estimate of drug-likeness (QED) is 0.263. The van der Waals surface area contributed by atoms with Gasteiger partial charge >= 0.3 is 0 Å². The van der Waals surface area contributed by atoms with Crippen LogP contribution in [0.4, 0.5) is 0 Å². The molecule has 2 rings (SSSR count). The Labute approximate surface area is 183 Å². The van der Waals surface area contributed by atoms with Gasteiger partial charge in [0.2, 0.25) is 0 Å². The van der Waals surface area contributed by atoms with Crippen LogP contribution in [0.15, 0.2) is 36.4 Å². The molecule has 30 heavy (non-hydrogen) atoms. The molecule has 162 valence electrons. The fourth-order valence-corrected chi connectivity index (χ4v) is 3.60. The first-order chi connectivity index (χ1) is 14.4. The third-order valence-corrected chi connectivity index (χ3v) is 5.52. The minimum absolute atomic E-state index is 0.00875. The summed E-state index contributed by atoms with van der Waals surface area (Å²) < 4.78 is 0. The highest BCUT2D eigenvalue weighted by Crippen LogP contribution is 2.30. The lowest BCUT2D eigenvalue weighted by atomic mass is 9.96. The number of hydrogen-bond acceptors (Lipinski definition) is 4. The summed E-state index contributed by atoms with van der Waals surface area (Å²) in [5.41, 5.74) is 0.410. The molecule has 0 aliphatic rings. The molecule has 2 aromatic rings. The van der Waals surface area contributed by atoms with Gasteiger partial charge in [-0.25, -0.2) is 0 Å². The maximum absolute atomic E-state index is 12.7. The second-order valence-corrected chi connectivity index (χ2v) is 8.16. The van der Waals surface area contributed by atoms with Gasteiger partial charge < -0.3 is 10.2 Å². The molecule has 0 radical (unpaired) electrons. The second-order valence-electron chi connectivity index (χ2n) is 7.72. The summed E-state index contributed by atoms with van der Waals surface area (Å²) in [6.07, 6.45) is 10.7. The van der Waals surface area contributed by atoms with Crippen molar-refractivity contribution >= 4 is 23.2 Å².